The summed E-state index contributed by atoms with van der Waals surface area (Å²) in [5.74, 6) is -0.505. The lowest BCUT2D eigenvalue weighted by atomic mass is 10.1. The molecule has 0 fully saturated rings. The van der Waals surface area contributed by atoms with Crippen LogP contribution in [-0.4, -0.2) is 36.7 Å². The summed E-state index contributed by atoms with van der Waals surface area (Å²) in [4.78, 5) is 14.4. The monoisotopic (exact) mass is 235 g/mol. The normalized spacial score (nSPS) is 18.4. The van der Waals surface area contributed by atoms with Crippen LogP contribution in [0.1, 0.15) is 5.56 Å². The highest BCUT2D eigenvalue weighted by molar-refractivity contribution is 6.32. The molecule has 1 aromatic carbocycles. The van der Waals surface area contributed by atoms with Gasteiger partial charge in [0.15, 0.2) is 0 Å². The van der Waals surface area contributed by atoms with Gasteiger partial charge < -0.3 is 14.6 Å². The first-order valence-electron chi connectivity index (χ1n) is 5.26. The van der Waals surface area contributed by atoms with Crippen molar-refractivity contribution in [3.05, 3.63) is 29.8 Å². The summed E-state index contributed by atoms with van der Waals surface area (Å²) in [5, 5.41) is 8.69. The molecule has 1 aromatic rings. The fourth-order valence-electron chi connectivity index (χ4n) is 1.67. The fourth-order valence-corrected chi connectivity index (χ4v) is 1.67. The van der Waals surface area contributed by atoms with Crippen molar-refractivity contribution < 1.29 is 19.4 Å². The minimum Gasteiger partial charge on any atom is -0.497 e. The Labute approximate surface area is 98.7 Å². The molecule has 17 heavy (non-hydrogen) atoms. The SMILES string of the molecule is COc1ccc(CC2CN=C(C(=O)O)O2)cc1. The third kappa shape index (κ3) is 2.75. The second kappa shape index (κ2) is 4.86. The van der Waals surface area contributed by atoms with Crippen molar-refractivity contribution in [1.82, 2.24) is 0 Å². The summed E-state index contributed by atoms with van der Waals surface area (Å²) >= 11 is 0. The van der Waals surface area contributed by atoms with Crippen LogP contribution < -0.4 is 4.74 Å². The molecule has 1 N–H and O–H groups in total. The van der Waals surface area contributed by atoms with Crippen LogP contribution in [0.2, 0.25) is 0 Å². The van der Waals surface area contributed by atoms with Gasteiger partial charge >= 0.3 is 5.97 Å². The lowest BCUT2D eigenvalue weighted by molar-refractivity contribution is -0.131. The van der Waals surface area contributed by atoms with Gasteiger partial charge in [0.25, 0.3) is 5.90 Å². The molecule has 5 nitrogen and oxygen atoms in total. The quantitative estimate of drug-likeness (QED) is 0.849. The zero-order valence-corrected chi connectivity index (χ0v) is 9.42. The minimum atomic E-state index is -1.11. The summed E-state index contributed by atoms with van der Waals surface area (Å²) in [6.45, 7) is 0.396. The maximum Gasteiger partial charge on any atom is 0.391 e. The number of ether oxygens (including phenoxy) is 2. The number of benzene rings is 1. The van der Waals surface area contributed by atoms with Gasteiger partial charge in [-0.3, -0.25) is 0 Å². The second-order valence-corrected chi connectivity index (χ2v) is 3.74. The van der Waals surface area contributed by atoms with E-state index >= 15 is 0 Å². The molecule has 0 saturated heterocycles. The molecule has 0 radical (unpaired) electrons. The topological polar surface area (TPSA) is 68.1 Å². The Balaban J connectivity index is 1.92. The van der Waals surface area contributed by atoms with E-state index < -0.39 is 5.97 Å². The molecule has 0 bridgehead atoms. The summed E-state index contributed by atoms with van der Waals surface area (Å²) in [6.07, 6.45) is 0.457. The number of aliphatic carboxylic acids is 1. The standard InChI is InChI=1S/C12H13NO4/c1-16-9-4-2-8(3-5-9)6-10-7-13-11(17-10)12(14)15/h2-5,10H,6-7H2,1H3,(H,14,15). The molecule has 1 aliphatic rings. The van der Waals surface area contributed by atoms with Crippen molar-refractivity contribution in [3.63, 3.8) is 0 Å². The summed E-state index contributed by atoms with van der Waals surface area (Å²) in [7, 11) is 1.61. The summed E-state index contributed by atoms with van der Waals surface area (Å²) in [6, 6.07) is 7.59. The van der Waals surface area contributed by atoms with E-state index in [9.17, 15) is 4.79 Å². The largest absolute Gasteiger partial charge is 0.497 e. The van der Waals surface area contributed by atoms with Crippen molar-refractivity contribution in [1.29, 1.82) is 0 Å². The second-order valence-electron chi connectivity index (χ2n) is 3.74. The molecule has 0 saturated carbocycles. The van der Waals surface area contributed by atoms with Gasteiger partial charge in [0.1, 0.15) is 11.9 Å². The molecule has 1 aliphatic heterocycles. The first kappa shape index (κ1) is 11.4. The number of carboxylic acids is 1. The maximum absolute atomic E-state index is 10.6. The van der Waals surface area contributed by atoms with Gasteiger partial charge in [0.2, 0.25) is 0 Å². The van der Waals surface area contributed by atoms with Crippen molar-refractivity contribution in [3.8, 4) is 5.75 Å². The minimum absolute atomic E-state index is 0.186. The Bertz CT molecular complexity index is 438. The van der Waals surface area contributed by atoms with Crippen LogP contribution >= 0.6 is 0 Å². The van der Waals surface area contributed by atoms with E-state index in [1.165, 1.54) is 0 Å². The van der Waals surface area contributed by atoms with Gasteiger partial charge in [-0.15, -0.1) is 0 Å². The van der Waals surface area contributed by atoms with Crippen LogP contribution in [0.5, 0.6) is 5.75 Å². The Kier molecular flexibility index (Phi) is 3.27. The Morgan fingerprint density at radius 1 is 1.53 bits per heavy atom. The Morgan fingerprint density at radius 2 is 2.24 bits per heavy atom. The molecule has 1 atom stereocenters. The highest BCUT2D eigenvalue weighted by Gasteiger charge is 2.24. The molecule has 90 valence electrons. The average Bonchev–Trinajstić information content (AvgIpc) is 2.79. The summed E-state index contributed by atoms with van der Waals surface area (Å²) in [5.41, 5.74) is 1.07. The molecule has 0 amide bonds. The van der Waals surface area contributed by atoms with Gasteiger partial charge in [-0.2, -0.15) is 0 Å². The van der Waals surface area contributed by atoms with Crippen LogP contribution in [0.15, 0.2) is 29.3 Å². The van der Waals surface area contributed by atoms with Crippen LogP contribution in [0, 0.1) is 0 Å². The zero-order valence-electron chi connectivity index (χ0n) is 9.42. The Hall–Kier alpha value is -2.04. The molecule has 5 heteroatoms. The van der Waals surface area contributed by atoms with Gasteiger partial charge in [-0.05, 0) is 17.7 Å². The molecule has 1 unspecified atom stereocenters. The fraction of sp³-hybridized carbons (Fsp3) is 0.333. The number of carboxylic acid groups (broad SMARTS) is 1. The number of aliphatic imine (C=N–C) groups is 1. The van der Waals surface area contributed by atoms with E-state index in [1.807, 2.05) is 24.3 Å². The van der Waals surface area contributed by atoms with Crippen LogP contribution in [0.4, 0.5) is 0 Å². The number of rotatable bonds is 4. The number of methoxy groups -OCH3 is 1. The molecular weight excluding hydrogens is 222 g/mol. The van der Waals surface area contributed by atoms with E-state index in [0.717, 1.165) is 11.3 Å². The predicted molar refractivity (Wildman–Crippen MR) is 61.5 cm³/mol. The molecule has 1 heterocycles. The first-order chi connectivity index (χ1) is 8.19. The lowest BCUT2D eigenvalue weighted by Crippen LogP contribution is -2.20. The lowest BCUT2D eigenvalue weighted by Gasteiger charge is -2.10. The maximum atomic E-state index is 10.6. The van der Waals surface area contributed by atoms with Gasteiger partial charge in [0.05, 0.1) is 13.7 Å². The van der Waals surface area contributed by atoms with E-state index in [0.29, 0.717) is 13.0 Å². The van der Waals surface area contributed by atoms with Crippen molar-refractivity contribution >= 4 is 11.9 Å². The van der Waals surface area contributed by atoms with Crippen molar-refractivity contribution in [2.24, 2.45) is 4.99 Å². The molecule has 0 aromatic heterocycles. The van der Waals surface area contributed by atoms with E-state index in [-0.39, 0.29) is 12.0 Å². The average molecular weight is 235 g/mol. The van der Waals surface area contributed by atoms with E-state index in [4.69, 9.17) is 14.6 Å². The van der Waals surface area contributed by atoms with Crippen molar-refractivity contribution in [2.45, 2.75) is 12.5 Å². The van der Waals surface area contributed by atoms with Crippen LogP contribution in [0.3, 0.4) is 0 Å². The first-order valence-corrected chi connectivity index (χ1v) is 5.26. The molecule has 0 aliphatic carbocycles. The van der Waals surface area contributed by atoms with Crippen LogP contribution in [0.25, 0.3) is 0 Å². The number of carbonyl (C=O) groups is 1. The molecule has 2 rings (SSSR count). The smallest absolute Gasteiger partial charge is 0.391 e. The third-order valence-corrected chi connectivity index (χ3v) is 2.52. The van der Waals surface area contributed by atoms with E-state index in [1.54, 1.807) is 7.11 Å². The summed E-state index contributed by atoms with van der Waals surface area (Å²) < 4.78 is 10.3. The highest BCUT2D eigenvalue weighted by atomic mass is 16.5. The van der Waals surface area contributed by atoms with E-state index in [2.05, 4.69) is 4.99 Å². The Morgan fingerprint density at radius 3 is 2.76 bits per heavy atom. The molecular formula is C12H13NO4. The number of hydrogen-bond acceptors (Lipinski definition) is 4. The molecule has 0 spiro atoms. The van der Waals surface area contributed by atoms with Gasteiger partial charge in [-0.25, -0.2) is 9.79 Å². The van der Waals surface area contributed by atoms with Crippen LogP contribution in [-0.2, 0) is 16.0 Å². The van der Waals surface area contributed by atoms with Gasteiger partial charge in [-0.1, -0.05) is 12.1 Å². The number of nitrogens with zero attached hydrogens (tertiary/aromatic N) is 1. The third-order valence-electron chi connectivity index (χ3n) is 2.52. The zero-order chi connectivity index (χ0) is 12.3. The van der Waals surface area contributed by atoms with Gasteiger partial charge in [0, 0.05) is 6.42 Å². The number of hydrogen-bond donors (Lipinski definition) is 1. The predicted octanol–water partition coefficient (Wildman–Crippen LogP) is 1.12. The van der Waals surface area contributed by atoms with Crippen molar-refractivity contribution in [2.75, 3.05) is 13.7 Å². The highest BCUT2D eigenvalue weighted by Crippen LogP contribution is 2.15.